The molecule has 4 heteroatoms. The molecule has 0 atom stereocenters. The summed E-state index contributed by atoms with van der Waals surface area (Å²) in [6.07, 6.45) is 3.25. The number of nitrogens with one attached hydrogen (secondary N) is 1. The summed E-state index contributed by atoms with van der Waals surface area (Å²) in [4.78, 5) is 13.4. The molecule has 0 bridgehead atoms. The van der Waals surface area contributed by atoms with E-state index >= 15 is 0 Å². The van der Waals surface area contributed by atoms with E-state index < -0.39 is 0 Å². The van der Waals surface area contributed by atoms with Crippen molar-refractivity contribution in [2.24, 2.45) is 0 Å². The van der Waals surface area contributed by atoms with Crippen LogP contribution in [0.2, 0.25) is 0 Å². The highest BCUT2D eigenvalue weighted by Gasteiger charge is 1.98. The Bertz CT molecular complexity index is 386. The van der Waals surface area contributed by atoms with Gasteiger partial charge in [-0.25, -0.2) is 0 Å². The second-order valence-corrected chi connectivity index (χ2v) is 3.70. The molecule has 0 heterocycles. The zero-order valence-electron chi connectivity index (χ0n) is 9.47. The smallest absolute Gasteiger partial charge is 0.248 e. The highest BCUT2D eigenvalue weighted by atomic mass is 16.3. The molecule has 1 aromatic rings. The van der Waals surface area contributed by atoms with Crippen LogP contribution in [-0.2, 0) is 4.79 Å². The van der Waals surface area contributed by atoms with Crippen LogP contribution in [0.3, 0.4) is 0 Å². The minimum atomic E-state index is -0.201. The average Bonchev–Trinajstić information content (AvgIpc) is 2.16. The third-order valence-electron chi connectivity index (χ3n) is 1.85. The van der Waals surface area contributed by atoms with E-state index in [0.717, 1.165) is 0 Å². The number of phenols is 1. The molecule has 0 aliphatic heterocycles. The second-order valence-electron chi connectivity index (χ2n) is 3.70. The zero-order chi connectivity index (χ0) is 12.0. The van der Waals surface area contributed by atoms with Crippen molar-refractivity contribution in [2.75, 3.05) is 26.0 Å². The lowest BCUT2D eigenvalue weighted by Gasteiger charge is -2.04. The van der Waals surface area contributed by atoms with Crippen LogP contribution in [0.1, 0.15) is 0 Å². The van der Waals surface area contributed by atoms with Crippen molar-refractivity contribution in [3.05, 3.63) is 36.4 Å². The topological polar surface area (TPSA) is 52.6 Å². The van der Waals surface area contributed by atoms with Gasteiger partial charge in [-0.15, -0.1) is 0 Å². The fourth-order valence-corrected chi connectivity index (χ4v) is 1.14. The van der Waals surface area contributed by atoms with Crippen LogP contribution in [-0.4, -0.2) is 36.6 Å². The molecule has 86 valence electrons. The molecule has 0 saturated heterocycles. The lowest BCUT2D eigenvalue weighted by molar-refractivity contribution is -0.111. The second kappa shape index (κ2) is 5.92. The van der Waals surface area contributed by atoms with E-state index in [-0.39, 0.29) is 11.7 Å². The Kier molecular flexibility index (Phi) is 4.54. The van der Waals surface area contributed by atoms with Crippen molar-refractivity contribution in [2.45, 2.75) is 0 Å². The van der Waals surface area contributed by atoms with Crippen molar-refractivity contribution in [1.82, 2.24) is 4.90 Å². The van der Waals surface area contributed by atoms with Gasteiger partial charge in [0.1, 0.15) is 5.75 Å². The van der Waals surface area contributed by atoms with Gasteiger partial charge in [0, 0.05) is 24.4 Å². The van der Waals surface area contributed by atoms with Crippen molar-refractivity contribution in [3.63, 3.8) is 0 Å². The lowest BCUT2D eigenvalue weighted by atomic mass is 10.3. The molecule has 0 aliphatic rings. The molecule has 1 aromatic carbocycles. The van der Waals surface area contributed by atoms with Crippen LogP contribution in [0.25, 0.3) is 0 Å². The van der Waals surface area contributed by atoms with E-state index in [4.69, 9.17) is 0 Å². The first-order valence-electron chi connectivity index (χ1n) is 4.99. The number of phenolic OH excluding ortho intramolecular Hbond substituents is 1. The van der Waals surface area contributed by atoms with Gasteiger partial charge in [-0.2, -0.15) is 0 Å². The van der Waals surface area contributed by atoms with Gasteiger partial charge in [-0.05, 0) is 26.2 Å². The van der Waals surface area contributed by atoms with Crippen LogP contribution >= 0.6 is 0 Å². The highest BCUT2D eigenvalue weighted by molar-refractivity contribution is 5.99. The monoisotopic (exact) mass is 220 g/mol. The normalized spacial score (nSPS) is 10.9. The number of carbonyl (C=O) groups is 1. The Morgan fingerprint density at radius 3 is 2.88 bits per heavy atom. The van der Waals surface area contributed by atoms with Crippen LogP contribution in [0.4, 0.5) is 5.69 Å². The molecule has 0 aliphatic carbocycles. The quantitative estimate of drug-likeness (QED) is 0.755. The van der Waals surface area contributed by atoms with Gasteiger partial charge in [0.05, 0.1) is 0 Å². The highest BCUT2D eigenvalue weighted by Crippen LogP contribution is 2.14. The van der Waals surface area contributed by atoms with Crippen molar-refractivity contribution in [1.29, 1.82) is 0 Å². The minimum Gasteiger partial charge on any atom is -0.508 e. The maximum absolute atomic E-state index is 11.4. The summed E-state index contributed by atoms with van der Waals surface area (Å²) in [5.41, 5.74) is 0.583. The summed E-state index contributed by atoms with van der Waals surface area (Å²) in [6.45, 7) is 0.716. The number of carbonyl (C=O) groups excluding carboxylic acids is 1. The first-order valence-corrected chi connectivity index (χ1v) is 4.99. The van der Waals surface area contributed by atoms with Gasteiger partial charge in [0.25, 0.3) is 0 Å². The molecule has 1 rings (SSSR count). The summed E-state index contributed by atoms with van der Waals surface area (Å²) >= 11 is 0. The van der Waals surface area contributed by atoms with E-state index in [1.165, 1.54) is 12.1 Å². The van der Waals surface area contributed by atoms with Gasteiger partial charge in [-0.1, -0.05) is 12.1 Å². The molecule has 1 amide bonds. The largest absolute Gasteiger partial charge is 0.508 e. The number of rotatable bonds is 4. The van der Waals surface area contributed by atoms with E-state index in [1.807, 2.05) is 19.0 Å². The Morgan fingerprint density at radius 2 is 2.25 bits per heavy atom. The number of benzene rings is 1. The maximum atomic E-state index is 11.4. The summed E-state index contributed by atoms with van der Waals surface area (Å²) in [7, 11) is 3.86. The number of aromatic hydroxyl groups is 1. The number of nitrogens with zero attached hydrogens (tertiary/aromatic N) is 1. The lowest BCUT2D eigenvalue weighted by Crippen LogP contribution is -2.12. The predicted octanol–water partition coefficient (Wildman–Crippen LogP) is 1.45. The van der Waals surface area contributed by atoms with Crippen molar-refractivity contribution < 1.29 is 9.90 Å². The van der Waals surface area contributed by atoms with Crippen molar-refractivity contribution in [3.8, 4) is 5.75 Å². The zero-order valence-corrected chi connectivity index (χ0v) is 9.47. The molecule has 0 spiro atoms. The Morgan fingerprint density at radius 1 is 1.50 bits per heavy atom. The summed E-state index contributed by atoms with van der Waals surface area (Å²) in [6, 6.07) is 6.45. The standard InChI is InChI=1S/C12H16N2O2/c1-14(2)8-4-7-12(16)13-10-5-3-6-11(15)9-10/h3-7,9,15H,8H2,1-2H3,(H,13,16). The minimum absolute atomic E-state index is 0.134. The van der Waals surface area contributed by atoms with Crippen molar-refractivity contribution >= 4 is 11.6 Å². The molecule has 16 heavy (non-hydrogen) atoms. The molecule has 0 unspecified atom stereocenters. The third kappa shape index (κ3) is 4.61. The molecule has 0 saturated carbocycles. The maximum Gasteiger partial charge on any atom is 0.248 e. The van der Waals surface area contributed by atoms with E-state index in [2.05, 4.69) is 5.32 Å². The number of hydrogen-bond donors (Lipinski definition) is 2. The number of likely N-dealkylation sites (N-methyl/N-ethyl adjacent to an activating group) is 1. The first-order chi connectivity index (χ1) is 7.58. The first kappa shape index (κ1) is 12.3. The summed E-state index contributed by atoms with van der Waals surface area (Å²) < 4.78 is 0. The van der Waals surface area contributed by atoms with Crippen LogP contribution < -0.4 is 5.32 Å². The molecular weight excluding hydrogens is 204 g/mol. The predicted molar refractivity (Wildman–Crippen MR) is 64.4 cm³/mol. The molecule has 4 nitrogen and oxygen atoms in total. The van der Waals surface area contributed by atoms with E-state index in [1.54, 1.807) is 24.3 Å². The van der Waals surface area contributed by atoms with Crippen LogP contribution in [0, 0.1) is 0 Å². The summed E-state index contributed by atoms with van der Waals surface area (Å²) in [5, 5.41) is 11.9. The summed E-state index contributed by atoms with van der Waals surface area (Å²) in [5.74, 6) is -0.0671. The number of amides is 1. The van der Waals surface area contributed by atoms with E-state index in [0.29, 0.717) is 12.2 Å². The molecular formula is C12H16N2O2. The van der Waals surface area contributed by atoms with E-state index in [9.17, 15) is 9.90 Å². The van der Waals surface area contributed by atoms with Crippen LogP contribution in [0.15, 0.2) is 36.4 Å². The van der Waals surface area contributed by atoms with Gasteiger partial charge in [0.2, 0.25) is 5.91 Å². The Hall–Kier alpha value is -1.81. The third-order valence-corrected chi connectivity index (χ3v) is 1.85. The van der Waals surface area contributed by atoms with Gasteiger partial charge in [0.15, 0.2) is 0 Å². The fraction of sp³-hybridized carbons (Fsp3) is 0.250. The average molecular weight is 220 g/mol. The van der Waals surface area contributed by atoms with Crippen LogP contribution in [0.5, 0.6) is 5.75 Å². The number of hydrogen-bond acceptors (Lipinski definition) is 3. The van der Waals surface area contributed by atoms with Gasteiger partial charge in [-0.3, -0.25) is 4.79 Å². The van der Waals surface area contributed by atoms with Gasteiger partial charge < -0.3 is 15.3 Å². The molecule has 0 aromatic heterocycles. The molecule has 0 fully saturated rings. The Balaban J connectivity index is 2.48. The Labute approximate surface area is 95.2 Å². The van der Waals surface area contributed by atoms with Gasteiger partial charge >= 0.3 is 0 Å². The number of anilines is 1. The molecule has 2 N–H and O–H groups in total. The SMILES string of the molecule is CN(C)CC=CC(=O)Nc1cccc(O)c1. The fourth-order valence-electron chi connectivity index (χ4n) is 1.14. The molecule has 0 radical (unpaired) electrons.